The summed E-state index contributed by atoms with van der Waals surface area (Å²) in [6.07, 6.45) is 1.62. The average Bonchev–Trinajstić information content (AvgIpc) is 3.07. The van der Waals surface area contributed by atoms with Gasteiger partial charge >= 0.3 is 0 Å². The monoisotopic (exact) mass is 376 g/mol. The van der Waals surface area contributed by atoms with Crippen molar-refractivity contribution >= 4 is 5.91 Å². The van der Waals surface area contributed by atoms with Crippen molar-refractivity contribution in [1.82, 2.24) is 15.1 Å². The van der Waals surface area contributed by atoms with Crippen LogP contribution >= 0.6 is 0 Å². The second kappa shape index (κ2) is 8.85. The van der Waals surface area contributed by atoms with Crippen LogP contribution in [0.1, 0.15) is 58.5 Å². The number of aromatic nitrogens is 2. The van der Waals surface area contributed by atoms with Crippen molar-refractivity contribution in [3.63, 3.8) is 0 Å². The molecule has 146 valence electrons. The van der Waals surface area contributed by atoms with Crippen molar-refractivity contribution in [3.8, 4) is 0 Å². The molecule has 28 heavy (non-hydrogen) atoms. The number of nitrogens with two attached hydrogens (primary N) is 1. The Kier molecular flexibility index (Phi) is 6.26. The third-order valence-corrected chi connectivity index (χ3v) is 5.04. The standard InChI is InChI=1S/C23H28N4O/c1-16(2)19-9-11-20(12-10-19)22(24)14-25-23(28)21-13-26-27(17(21)3)15-18-7-5-4-6-8-18/h4-13,16,22H,14-15,24H2,1-3H3,(H,25,28). The Balaban J connectivity index is 1.60. The predicted octanol–water partition coefficient (Wildman–Crippen LogP) is 3.79. The largest absolute Gasteiger partial charge is 0.350 e. The summed E-state index contributed by atoms with van der Waals surface area (Å²) in [6, 6.07) is 18.1. The van der Waals surface area contributed by atoms with Gasteiger partial charge in [-0.1, -0.05) is 68.4 Å². The molecule has 0 aliphatic rings. The average molecular weight is 377 g/mol. The molecule has 0 saturated heterocycles. The number of amides is 1. The summed E-state index contributed by atoms with van der Waals surface area (Å²) >= 11 is 0. The van der Waals surface area contributed by atoms with E-state index in [1.807, 2.05) is 54.1 Å². The summed E-state index contributed by atoms with van der Waals surface area (Å²) in [5.41, 5.74) is 11.1. The lowest BCUT2D eigenvalue weighted by Gasteiger charge is -2.14. The molecule has 3 N–H and O–H groups in total. The number of carbonyl (C=O) groups excluding carboxylic acids is 1. The van der Waals surface area contributed by atoms with Gasteiger partial charge in [0.2, 0.25) is 0 Å². The number of hydrogen-bond donors (Lipinski definition) is 2. The molecule has 2 aromatic carbocycles. The van der Waals surface area contributed by atoms with E-state index in [4.69, 9.17) is 5.73 Å². The molecule has 1 atom stereocenters. The number of hydrogen-bond acceptors (Lipinski definition) is 3. The van der Waals surface area contributed by atoms with Gasteiger partial charge < -0.3 is 11.1 Å². The van der Waals surface area contributed by atoms with E-state index in [0.29, 0.717) is 24.6 Å². The molecule has 1 amide bonds. The van der Waals surface area contributed by atoms with Crippen molar-refractivity contribution in [2.75, 3.05) is 6.54 Å². The number of nitrogens with zero attached hydrogens (tertiary/aromatic N) is 2. The molecule has 3 rings (SSSR count). The Morgan fingerprint density at radius 2 is 1.71 bits per heavy atom. The maximum atomic E-state index is 12.6. The third kappa shape index (κ3) is 4.67. The lowest BCUT2D eigenvalue weighted by molar-refractivity contribution is 0.0950. The van der Waals surface area contributed by atoms with Gasteiger partial charge in [0.1, 0.15) is 0 Å². The van der Waals surface area contributed by atoms with Crippen LogP contribution in [0.3, 0.4) is 0 Å². The number of carbonyl (C=O) groups is 1. The fourth-order valence-corrected chi connectivity index (χ4v) is 3.13. The molecule has 1 aromatic heterocycles. The van der Waals surface area contributed by atoms with Crippen LogP contribution in [-0.4, -0.2) is 22.2 Å². The van der Waals surface area contributed by atoms with E-state index in [1.165, 1.54) is 5.56 Å². The van der Waals surface area contributed by atoms with Crippen molar-refractivity contribution in [3.05, 3.63) is 88.7 Å². The van der Waals surface area contributed by atoms with Crippen LogP contribution < -0.4 is 11.1 Å². The van der Waals surface area contributed by atoms with Gasteiger partial charge in [-0.25, -0.2) is 0 Å². The maximum Gasteiger partial charge on any atom is 0.254 e. The minimum atomic E-state index is -0.246. The maximum absolute atomic E-state index is 12.6. The Bertz CT molecular complexity index is 914. The molecular weight excluding hydrogens is 348 g/mol. The quantitative estimate of drug-likeness (QED) is 0.659. The number of rotatable bonds is 7. The van der Waals surface area contributed by atoms with E-state index in [2.05, 4.69) is 36.4 Å². The summed E-state index contributed by atoms with van der Waals surface area (Å²) in [7, 11) is 0. The Morgan fingerprint density at radius 3 is 2.36 bits per heavy atom. The molecule has 0 spiro atoms. The van der Waals surface area contributed by atoms with E-state index < -0.39 is 0 Å². The zero-order valence-electron chi connectivity index (χ0n) is 16.7. The van der Waals surface area contributed by atoms with Crippen molar-refractivity contribution < 1.29 is 4.79 Å². The summed E-state index contributed by atoms with van der Waals surface area (Å²) in [5.74, 6) is 0.339. The highest BCUT2D eigenvalue weighted by Gasteiger charge is 2.16. The first-order chi connectivity index (χ1) is 13.5. The molecule has 0 fully saturated rings. The molecule has 3 aromatic rings. The minimum absolute atomic E-state index is 0.147. The lowest BCUT2D eigenvalue weighted by Crippen LogP contribution is -2.32. The molecule has 5 heteroatoms. The van der Waals surface area contributed by atoms with Crippen molar-refractivity contribution in [1.29, 1.82) is 0 Å². The lowest BCUT2D eigenvalue weighted by atomic mass is 9.99. The highest BCUT2D eigenvalue weighted by atomic mass is 16.1. The molecule has 0 aliphatic carbocycles. The molecule has 0 radical (unpaired) electrons. The smallest absolute Gasteiger partial charge is 0.254 e. The van der Waals surface area contributed by atoms with Gasteiger partial charge in [0.05, 0.1) is 18.3 Å². The van der Waals surface area contributed by atoms with Crippen LogP contribution in [0.25, 0.3) is 0 Å². The zero-order chi connectivity index (χ0) is 20.1. The molecule has 1 heterocycles. The van der Waals surface area contributed by atoms with E-state index in [9.17, 15) is 4.79 Å². The van der Waals surface area contributed by atoms with Crippen LogP contribution in [-0.2, 0) is 6.54 Å². The van der Waals surface area contributed by atoms with E-state index in [-0.39, 0.29) is 11.9 Å². The molecule has 5 nitrogen and oxygen atoms in total. The SMILES string of the molecule is Cc1c(C(=O)NCC(N)c2ccc(C(C)C)cc2)cnn1Cc1ccccc1. The summed E-state index contributed by atoms with van der Waals surface area (Å²) in [5, 5.41) is 7.30. The summed E-state index contributed by atoms with van der Waals surface area (Å²) in [4.78, 5) is 12.6. The fourth-order valence-electron chi connectivity index (χ4n) is 3.13. The Labute approximate surface area is 166 Å². The number of benzene rings is 2. The third-order valence-electron chi connectivity index (χ3n) is 5.04. The van der Waals surface area contributed by atoms with Gasteiger partial charge in [-0.2, -0.15) is 5.10 Å². The topological polar surface area (TPSA) is 72.9 Å². The normalized spacial score (nSPS) is 12.2. The first-order valence-corrected chi connectivity index (χ1v) is 9.65. The fraction of sp³-hybridized carbons (Fsp3) is 0.304. The van der Waals surface area contributed by atoms with E-state index in [0.717, 1.165) is 16.8 Å². The predicted molar refractivity (Wildman–Crippen MR) is 112 cm³/mol. The van der Waals surface area contributed by atoms with Gasteiger partial charge in [-0.05, 0) is 29.5 Å². The number of nitrogens with one attached hydrogen (secondary N) is 1. The molecule has 0 saturated carbocycles. The molecule has 0 aliphatic heterocycles. The van der Waals surface area contributed by atoms with Gasteiger partial charge in [0.25, 0.3) is 5.91 Å². The molecule has 1 unspecified atom stereocenters. The second-order valence-corrected chi connectivity index (χ2v) is 7.42. The highest BCUT2D eigenvalue weighted by Crippen LogP contribution is 2.17. The Hall–Kier alpha value is -2.92. The van der Waals surface area contributed by atoms with E-state index >= 15 is 0 Å². The van der Waals surface area contributed by atoms with Crippen LogP contribution in [0.2, 0.25) is 0 Å². The minimum Gasteiger partial charge on any atom is -0.350 e. The van der Waals surface area contributed by atoms with Gasteiger partial charge in [0, 0.05) is 18.3 Å². The zero-order valence-corrected chi connectivity index (χ0v) is 16.7. The van der Waals surface area contributed by atoms with Gasteiger partial charge in [-0.15, -0.1) is 0 Å². The molecular formula is C23H28N4O. The van der Waals surface area contributed by atoms with Crippen LogP contribution in [0.15, 0.2) is 60.8 Å². The van der Waals surface area contributed by atoms with Crippen molar-refractivity contribution in [2.24, 2.45) is 5.73 Å². The Morgan fingerprint density at radius 1 is 1.07 bits per heavy atom. The van der Waals surface area contributed by atoms with Gasteiger partial charge in [-0.3, -0.25) is 9.48 Å². The molecule has 0 bridgehead atoms. The summed E-state index contributed by atoms with van der Waals surface area (Å²) in [6.45, 7) is 7.26. The second-order valence-electron chi connectivity index (χ2n) is 7.42. The highest BCUT2D eigenvalue weighted by molar-refractivity contribution is 5.95. The van der Waals surface area contributed by atoms with E-state index in [1.54, 1.807) is 6.20 Å². The first-order valence-electron chi connectivity index (χ1n) is 9.65. The summed E-state index contributed by atoms with van der Waals surface area (Å²) < 4.78 is 1.84. The van der Waals surface area contributed by atoms with Crippen molar-refractivity contribution in [2.45, 2.75) is 39.3 Å². The van der Waals surface area contributed by atoms with Crippen LogP contribution in [0.4, 0.5) is 0 Å². The first kappa shape index (κ1) is 19.8. The van der Waals surface area contributed by atoms with Gasteiger partial charge in [0.15, 0.2) is 0 Å². The van der Waals surface area contributed by atoms with Crippen LogP contribution in [0.5, 0.6) is 0 Å². The van der Waals surface area contributed by atoms with Crippen LogP contribution in [0, 0.1) is 6.92 Å².